The first-order valence-electron chi connectivity index (χ1n) is 5.63. The van der Waals surface area contributed by atoms with E-state index in [-0.39, 0.29) is 4.90 Å². The van der Waals surface area contributed by atoms with Crippen LogP contribution in [0.2, 0.25) is 0 Å². The number of quaternary nitrogens is 1. The fourth-order valence-electron chi connectivity index (χ4n) is 1.39. The van der Waals surface area contributed by atoms with Gasteiger partial charge >= 0.3 is 0 Å². The van der Waals surface area contributed by atoms with Crippen molar-refractivity contribution in [2.45, 2.75) is 11.8 Å². The molecule has 5 nitrogen and oxygen atoms in total. The van der Waals surface area contributed by atoms with E-state index in [4.69, 9.17) is 4.74 Å². The molecule has 6 heteroatoms. The normalized spacial score (nSPS) is 18.0. The van der Waals surface area contributed by atoms with E-state index in [9.17, 15) is 13.0 Å². The van der Waals surface area contributed by atoms with Gasteiger partial charge < -0.3 is 13.8 Å². The SMILES string of the molecule is C[N+]1(C)CCOC1.Cc1ccc(S(=O)(=O)[O-])cc1. The molecule has 1 aromatic rings. The summed E-state index contributed by atoms with van der Waals surface area (Å²) in [5.41, 5.74) is 0.928. The van der Waals surface area contributed by atoms with Crippen molar-refractivity contribution in [1.29, 1.82) is 0 Å². The van der Waals surface area contributed by atoms with Gasteiger partial charge in [-0.15, -0.1) is 0 Å². The number of benzene rings is 1. The van der Waals surface area contributed by atoms with Gasteiger partial charge in [-0.1, -0.05) is 17.7 Å². The maximum Gasteiger partial charge on any atom is 0.183 e. The van der Waals surface area contributed by atoms with E-state index in [1.807, 2.05) is 6.92 Å². The summed E-state index contributed by atoms with van der Waals surface area (Å²) < 4.78 is 37.3. The molecular weight excluding hydrogens is 254 g/mol. The number of ether oxygens (including phenoxy) is 1. The quantitative estimate of drug-likeness (QED) is 0.564. The molecule has 1 aliphatic rings. The van der Waals surface area contributed by atoms with Crippen LogP contribution >= 0.6 is 0 Å². The van der Waals surface area contributed by atoms with Crippen LogP contribution < -0.4 is 0 Å². The van der Waals surface area contributed by atoms with Crippen molar-refractivity contribution in [1.82, 2.24) is 0 Å². The van der Waals surface area contributed by atoms with E-state index in [0.29, 0.717) is 0 Å². The monoisotopic (exact) mass is 273 g/mol. The lowest BCUT2D eigenvalue weighted by Crippen LogP contribution is -2.35. The van der Waals surface area contributed by atoms with Crippen LogP contribution in [0.4, 0.5) is 0 Å². The summed E-state index contributed by atoms with van der Waals surface area (Å²) in [6, 6.07) is 5.78. The van der Waals surface area contributed by atoms with E-state index in [2.05, 4.69) is 14.1 Å². The van der Waals surface area contributed by atoms with Crippen LogP contribution in [-0.4, -0.2) is 51.4 Å². The molecule has 0 spiro atoms. The fourth-order valence-corrected chi connectivity index (χ4v) is 1.86. The summed E-state index contributed by atoms with van der Waals surface area (Å²) in [5.74, 6) is 0. The van der Waals surface area contributed by atoms with Gasteiger partial charge in [-0.2, -0.15) is 0 Å². The van der Waals surface area contributed by atoms with Crippen LogP contribution in [-0.2, 0) is 14.9 Å². The fraction of sp³-hybridized carbons (Fsp3) is 0.500. The summed E-state index contributed by atoms with van der Waals surface area (Å²) in [5, 5.41) is 0. The molecule has 0 aromatic heterocycles. The molecule has 102 valence electrons. The van der Waals surface area contributed by atoms with Gasteiger partial charge in [-0.3, -0.25) is 0 Å². The second-order valence-electron chi connectivity index (χ2n) is 4.96. The first-order chi connectivity index (χ1) is 8.21. The van der Waals surface area contributed by atoms with Gasteiger partial charge in [0.2, 0.25) is 0 Å². The summed E-state index contributed by atoms with van der Waals surface area (Å²) >= 11 is 0. The molecule has 0 saturated carbocycles. The molecule has 0 aliphatic carbocycles. The Bertz CT molecular complexity index is 471. The highest BCUT2D eigenvalue weighted by Crippen LogP contribution is 2.08. The number of likely N-dealkylation sites (N-methyl/N-ethyl adjacent to an activating group) is 1. The van der Waals surface area contributed by atoms with Crippen molar-refractivity contribution < 1.29 is 22.2 Å². The summed E-state index contributed by atoms with van der Waals surface area (Å²) in [7, 11) is 0.0776. The summed E-state index contributed by atoms with van der Waals surface area (Å²) in [4.78, 5) is -0.178. The second-order valence-corrected chi connectivity index (χ2v) is 6.34. The number of aryl methyl sites for hydroxylation is 1. The molecule has 1 aromatic carbocycles. The van der Waals surface area contributed by atoms with Gasteiger partial charge in [0.25, 0.3) is 0 Å². The van der Waals surface area contributed by atoms with Gasteiger partial charge in [-0.25, -0.2) is 8.42 Å². The second kappa shape index (κ2) is 5.79. The third-order valence-electron chi connectivity index (χ3n) is 2.59. The zero-order valence-corrected chi connectivity index (χ0v) is 11.7. The van der Waals surface area contributed by atoms with Crippen LogP contribution in [0, 0.1) is 6.92 Å². The molecule has 1 aliphatic heterocycles. The molecule has 0 radical (unpaired) electrons. The largest absolute Gasteiger partial charge is 0.744 e. The maximum absolute atomic E-state index is 10.4. The molecule has 0 bridgehead atoms. The average molecular weight is 273 g/mol. The number of nitrogens with zero attached hydrogens (tertiary/aromatic N) is 1. The van der Waals surface area contributed by atoms with Crippen molar-refractivity contribution in [3.63, 3.8) is 0 Å². The Morgan fingerprint density at radius 2 is 1.78 bits per heavy atom. The Morgan fingerprint density at radius 1 is 1.22 bits per heavy atom. The molecule has 1 fully saturated rings. The van der Waals surface area contributed by atoms with Crippen LogP contribution in [0.25, 0.3) is 0 Å². The van der Waals surface area contributed by atoms with Gasteiger partial charge in [0.1, 0.15) is 23.3 Å². The molecule has 2 rings (SSSR count). The zero-order chi connectivity index (χ0) is 13.8. The standard InChI is InChI=1S/C7H8O3S.C5H12NO/c1-6-2-4-7(5-3-6)11(8,9)10;1-6(2)3-4-7-5-6/h2-5H,1H3,(H,8,9,10);3-5H2,1-2H3/q;+1/p-1. The highest BCUT2D eigenvalue weighted by atomic mass is 32.2. The van der Waals surface area contributed by atoms with Crippen molar-refractivity contribution in [3.8, 4) is 0 Å². The number of rotatable bonds is 1. The lowest BCUT2D eigenvalue weighted by Gasteiger charge is -2.19. The molecule has 1 heterocycles. The van der Waals surface area contributed by atoms with Crippen LogP contribution in [0.15, 0.2) is 29.2 Å². The van der Waals surface area contributed by atoms with Crippen molar-refractivity contribution in [3.05, 3.63) is 29.8 Å². The van der Waals surface area contributed by atoms with Gasteiger partial charge in [0, 0.05) is 0 Å². The van der Waals surface area contributed by atoms with Crippen molar-refractivity contribution >= 4 is 10.1 Å². The Balaban J connectivity index is 0.000000199. The predicted octanol–water partition coefficient (Wildman–Crippen LogP) is 0.950. The number of hydrogen-bond acceptors (Lipinski definition) is 4. The van der Waals surface area contributed by atoms with Crippen LogP contribution in [0.5, 0.6) is 0 Å². The van der Waals surface area contributed by atoms with Gasteiger partial charge in [-0.05, 0) is 19.1 Å². The first kappa shape index (κ1) is 15.1. The minimum Gasteiger partial charge on any atom is -0.744 e. The predicted molar refractivity (Wildman–Crippen MR) is 66.9 cm³/mol. The Labute approximate surface area is 108 Å². The van der Waals surface area contributed by atoms with Crippen LogP contribution in [0.1, 0.15) is 5.56 Å². The van der Waals surface area contributed by atoms with E-state index < -0.39 is 10.1 Å². The molecular formula is C12H19NO4S. The smallest absolute Gasteiger partial charge is 0.183 e. The van der Waals surface area contributed by atoms with E-state index >= 15 is 0 Å². The minimum absolute atomic E-state index is 0.178. The zero-order valence-electron chi connectivity index (χ0n) is 10.9. The highest BCUT2D eigenvalue weighted by Gasteiger charge is 2.20. The maximum atomic E-state index is 10.4. The Morgan fingerprint density at radius 3 is 2.06 bits per heavy atom. The Hall–Kier alpha value is -0.950. The van der Waals surface area contributed by atoms with E-state index in [1.165, 1.54) is 18.7 Å². The van der Waals surface area contributed by atoms with E-state index in [0.717, 1.165) is 23.4 Å². The third-order valence-corrected chi connectivity index (χ3v) is 3.44. The number of hydrogen-bond donors (Lipinski definition) is 0. The highest BCUT2D eigenvalue weighted by molar-refractivity contribution is 7.85. The first-order valence-corrected chi connectivity index (χ1v) is 7.04. The van der Waals surface area contributed by atoms with Crippen LogP contribution in [0.3, 0.4) is 0 Å². The molecule has 18 heavy (non-hydrogen) atoms. The molecule has 0 unspecified atom stereocenters. The van der Waals surface area contributed by atoms with E-state index in [1.54, 1.807) is 12.1 Å². The molecule has 0 N–H and O–H groups in total. The molecule has 1 saturated heterocycles. The van der Waals surface area contributed by atoms with Gasteiger partial charge in [0.05, 0.1) is 19.0 Å². The minimum atomic E-state index is -4.27. The van der Waals surface area contributed by atoms with Crippen molar-refractivity contribution in [2.75, 3.05) is 34.0 Å². The van der Waals surface area contributed by atoms with Gasteiger partial charge in [0.15, 0.2) is 6.73 Å². The molecule has 0 amide bonds. The lowest BCUT2D eigenvalue weighted by atomic mass is 10.2. The summed E-state index contributed by atoms with van der Waals surface area (Å²) in [6.07, 6.45) is 0. The Kier molecular flexibility index (Phi) is 4.86. The molecule has 0 atom stereocenters. The lowest BCUT2D eigenvalue weighted by molar-refractivity contribution is -0.887. The average Bonchev–Trinajstić information content (AvgIpc) is 2.63. The summed E-state index contributed by atoms with van der Waals surface area (Å²) in [6.45, 7) is 4.81. The third kappa shape index (κ3) is 5.14. The topological polar surface area (TPSA) is 66.4 Å². The van der Waals surface area contributed by atoms with Crippen molar-refractivity contribution in [2.24, 2.45) is 0 Å².